The Bertz CT molecular complexity index is 1320. The standard InChI is InChI=1S/C34H37NO7/c36-30-19-10-9-17-28(30)32-26(14-5-2-6-20-31(37)38)23-41-34(42-32)29(33(39)40)18-8-7-16-27(24-12-3-1-4-13-24)25-15-11-21-35-22-25/h1-5,9-13,15-17,19,21-22,26,29,32,34,36H,6-8,14,18,20,23H2,(H,37,38)(H,39,40)/b5-2-,27-16+/t26-,29?,32+,34+/m1/s1. The lowest BCUT2D eigenvalue weighted by Crippen LogP contribution is -2.41. The van der Waals surface area contributed by atoms with Crippen LogP contribution in [-0.2, 0) is 19.1 Å². The van der Waals surface area contributed by atoms with E-state index in [-0.39, 0.29) is 24.7 Å². The van der Waals surface area contributed by atoms with Gasteiger partial charge in [-0.05, 0) is 55.4 Å². The molecule has 1 fully saturated rings. The smallest absolute Gasteiger partial charge is 0.311 e. The molecule has 3 N–H and O–H groups in total. The Hall–Kier alpha value is -4.27. The van der Waals surface area contributed by atoms with Crippen LogP contribution in [-0.4, -0.2) is 45.1 Å². The quantitative estimate of drug-likeness (QED) is 0.145. The van der Waals surface area contributed by atoms with Crippen LogP contribution in [0.2, 0.25) is 0 Å². The van der Waals surface area contributed by atoms with E-state index in [4.69, 9.17) is 14.6 Å². The Morgan fingerprint density at radius 3 is 2.43 bits per heavy atom. The highest BCUT2D eigenvalue weighted by Crippen LogP contribution is 2.40. The summed E-state index contributed by atoms with van der Waals surface area (Å²) in [5, 5.41) is 29.6. The minimum Gasteiger partial charge on any atom is -0.508 e. The number of carbonyl (C=O) groups is 2. The number of pyridine rings is 1. The first-order valence-electron chi connectivity index (χ1n) is 14.2. The highest BCUT2D eigenvalue weighted by atomic mass is 16.7. The maximum absolute atomic E-state index is 12.4. The minimum atomic E-state index is -0.998. The molecule has 2 aromatic carbocycles. The molecule has 1 aromatic heterocycles. The van der Waals surface area contributed by atoms with Crippen LogP contribution in [0.25, 0.3) is 5.57 Å². The molecular formula is C34H37NO7. The SMILES string of the molecule is O=C(O)CC/C=C\C[C@@H]1CO[C@H](C(CCC/C=C(\c2ccccc2)c2cccnc2)C(=O)O)O[C@@H]1c1ccccc1O. The molecule has 2 heterocycles. The minimum absolute atomic E-state index is 0.0453. The Kier molecular flexibility index (Phi) is 11.4. The van der Waals surface area contributed by atoms with Crippen LogP contribution in [0.5, 0.6) is 5.75 Å². The van der Waals surface area contributed by atoms with Crippen molar-refractivity contribution in [3.05, 3.63) is 114 Å². The number of para-hydroxylation sites is 1. The van der Waals surface area contributed by atoms with Gasteiger partial charge in [0.15, 0.2) is 6.29 Å². The summed E-state index contributed by atoms with van der Waals surface area (Å²) in [6.45, 7) is 0.246. The average Bonchev–Trinajstić information content (AvgIpc) is 3.00. The number of unbranched alkanes of at least 4 members (excludes halogenated alkanes) is 1. The molecule has 0 amide bonds. The van der Waals surface area contributed by atoms with Crippen LogP contribution in [0.3, 0.4) is 0 Å². The maximum Gasteiger partial charge on any atom is 0.311 e. The molecule has 1 saturated heterocycles. The summed E-state index contributed by atoms with van der Waals surface area (Å²) in [7, 11) is 0. The van der Waals surface area contributed by atoms with Crippen molar-refractivity contribution in [1.29, 1.82) is 0 Å². The van der Waals surface area contributed by atoms with E-state index in [9.17, 15) is 19.8 Å². The Labute approximate surface area is 246 Å². The maximum atomic E-state index is 12.4. The van der Waals surface area contributed by atoms with Crippen molar-refractivity contribution in [3.8, 4) is 5.75 Å². The first-order valence-corrected chi connectivity index (χ1v) is 14.2. The average molecular weight is 572 g/mol. The fraction of sp³-hybridized carbons (Fsp3) is 0.324. The second kappa shape index (κ2) is 15.7. The second-order valence-electron chi connectivity index (χ2n) is 10.3. The van der Waals surface area contributed by atoms with E-state index in [1.54, 1.807) is 30.5 Å². The summed E-state index contributed by atoms with van der Waals surface area (Å²) in [6.07, 6.45) is 10.4. The van der Waals surface area contributed by atoms with E-state index in [0.717, 1.165) is 16.7 Å². The third-order valence-corrected chi connectivity index (χ3v) is 7.33. The number of carboxylic acid groups (broad SMARTS) is 2. The van der Waals surface area contributed by atoms with Gasteiger partial charge < -0.3 is 24.8 Å². The number of ether oxygens (including phenoxy) is 2. The van der Waals surface area contributed by atoms with Crippen LogP contribution in [0.1, 0.15) is 61.3 Å². The molecule has 1 aliphatic heterocycles. The van der Waals surface area contributed by atoms with Crippen molar-refractivity contribution >= 4 is 17.5 Å². The van der Waals surface area contributed by atoms with Gasteiger partial charge in [0.2, 0.25) is 0 Å². The molecule has 0 spiro atoms. The van der Waals surface area contributed by atoms with Gasteiger partial charge in [-0.2, -0.15) is 0 Å². The van der Waals surface area contributed by atoms with Gasteiger partial charge in [-0.25, -0.2) is 0 Å². The summed E-state index contributed by atoms with van der Waals surface area (Å²) in [4.78, 5) is 27.4. The largest absolute Gasteiger partial charge is 0.508 e. The molecule has 0 saturated carbocycles. The molecule has 4 atom stereocenters. The summed E-state index contributed by atoms with van der Waals surface area (Å²) in [6, 6.07) is 20.8. The van der Waals surface area contributed by atoms with Crippen molar-refractivity contribution in [2.75, 3.05) is 6.61 Å². The predicted octanol–water partition coefficient (Wildman–Crippen LogP) is 6.63. The third kappa shape index (κ3) is 8.61. The molecule has 8 nitrogen and oxygen atoms in total. The molecular weight excluding hydrogens is 534 g/mol. The van der Waals surface area contributed by atoms with Crippen LogP contribution >= 0.6 is 0 Å². The van der Waals surface area contributed by atoms with E-state index in [1.165, 1.54) is 0 Å². The number of carboxylic acids is 2. The van der Waals surface area contributed by atoms with Gasteiger partial charge >= 0.3 is 11.9 Å². The molecule has 1 unspecified atom stereocenters. The summed E-state index contributed by atoms with van der Waals surface area (Å²) in [5.74, 6) is -2.85. The lowest BCUT2D eigenvalue weighted by atomic mass is 9.90. The number of aliphatic carboxylic acids is 2. The van der Waals surface area contributed by atoms with Crippen molar-refractivity contribution in [1.82, 2.24) is 4.98 Å². The van der Waals surface area contributed by atoms with Crippen molar-refractivity contribution in [2.24, 2.45) is 11.8 Å². The molecule has 8 heteroatoms. The van der Waals surface area contributed by atoms with Gasteiger partial charge in [0.25, 0.3) is 0 Å². The number of phenols is 1. The van der Waals surface area contributed by atoms with Crippen molar-refractivity contribution < 1.29 is 34.4 Å². The van der Waals surface area contributed by atoms with Crippen LogP contribution in [0.15, 0.2) is 97.4 Å². The Morgan fingerprint density at radius 2 is 1.71 bits per heavy atom. The summed E-state index contributed by atoms with van der Waals surface area (Å²) in [5.41, 5.74) is 3.67. The molecule has 42 heavy (non-hydrogen) atoms. The Balaban J connectivity index is 1.45. The van der Waals surface area contributed by atoms with Gasteiger partial charge in [0, 0.05) is 35.9 Å². The third-order valence-electron chi connectivity index (χ3n) is 7.33. The van der Waals surface area contributed by atoms with Crippen LogP contribution in [0, 0.1) is 11.8 Å². The number of phenolic OH excluding ortho intramolecular Hbond substituents is 1. The van der Waals surface area contributed by atoms with Gasteiger partial charge in [0.05, 0.1) is 12.7 Å². The van der Waals surface area contributed by atoms with E-state index >= 15 is 0 Å². The lowest BCUT2D eigenvalue weighted by Gasteiger charge is -2.39. The predicted molar refractivity (Wildman–Crippen MR) is 159 cm³/mol. The zero-order valence-corrected chi connectivity index (χ0v) is 23.4. The summed E-state index contributed by atoms with van der Waals surface area (Å²) >= 11 is 0. The lowest BCUT2D eigenvalue weighted by molar-refractivity contribution is -0.260. The number of rotatable bonds is 14. The van der Waals surface area contributed by atoms with Gasteiger partial charge in [-0.1, -0.05) is 72.8 Å². The molecule has 4 rings (SSSR count). The molecule has 3 aromatic rings. The number of aromatic hydroxyl groups is 1. The molecule has 0 radical (unpaired) electrons. The number of aromatic nitrogens is 1. The van der Waals surface area contributed by atoms with Gasteiger partial charge in [0.1, 0.15) is 11.7 Å². The fourth-order valence-electron chi connectivity index (χ4n) is 5.16. The van der Waals surface area contributed by atoms with Gasteiger partial charge in [-0.3, -0.25) is 14.6 Å². The molecule has 0 bridgehead atoms. The van der Waals surface area contributed by atoms with Crippen molar-refractivity contribution in [3.63, 3.8) is 0 Å². The normalized spacial score (nSPS) is 19.9. The summed E-state index contributed by atoms with van der Waals surface area (Å²) < 4.78 is 12.3. The highest BCUT2D eigenvalue weighted by Gasteiger charge is 2.39. The van der Waals surface area contributed by atoms with Crippen LogP contribution < -0.4 is 0 Å². The highest BCUT2D eigenvalue weighted by molar-refractivity contribution is 5.79. The second-order valence-corrected chi connectivity index (χ2v) is 10.3. The molecule has 220 valence electrons. The van der Waals surface area contributed by atoms with E-state index < -0.39 is 30.3 Å². The first-order chi connectivity index (χ1) is 20.4. The number of nitrogens with zero attached hydrogens (tertiary/aromatic N) is 1. The fourth-order valence-corrected chi connectivity index (χ4v) is 5.16. The van der Waals surface area contributed by atoms with E-state index in [2.05, 4.69) is 11.1 Å². The molecule has 1 aliphatic rings. The monoisotopic (exact) mass is 571 g/mol. The first kappa shape index (κ1) is 30.7. The Morgan fingerprint density at radius 1 is 0.952 bits per heavy atom. The number of hydrogen-bond donors (Lipinski definition) is 3. The van der Waals surface area contributed by atoms with Gasteiger partial charge in [-0.15, -0.1) is 0 Å². The van der Waals surface area contributed by atoms with Crippen molar-refractivity contribution in [2.45, 2.75) is 50.9 Å². The molecule has 0 aliphatic carbocycles. The van der Waals surface area contributed by atoms with Crippen LogP contribution in [0.4, 0.5) is 0 Å². The van der Waals surface area contributed by atoms with E-state index in [0.29, 0.717) is 37.7 Å². The zero-order chi connectivity index (χ0) is 29.7. The number of hydrogen-bond acceptors (Lipinski definition) is 6. The number of allylic oxidation sites excluding steroid dienone is 3. The number of benzene rings is 2. The van der Waals surface area contributed by atoms with E-state index in [1.807, 2.05) is 60.8 Å². The zero-order valence-electron chi connectivity index (χ0n) is 23.4. The topological polar surface area (TPSA) is 126 Å².